The Morgan fingerprint density at radius 1 is 1.21 bits per heavy atom. The van der Waals surface area contributed by atoms with Crippen LogP contribution in [0.15, 0.2) is 18.2 Å². The van der Waals surface area contributed by atoms with Crippen LogP contribution in [-0.4, -0.2) is 5.78 Å². The van der Waals surface area contributed by atoms with Gasteiger partial charge >= 0.3 is 0 Å². The second-order valence-electron chi connectivity index (χ2n) is 4.11. The first-order chi connectivity index (χ1) is 6.84. The molecule has 0 amide bonds. The molecule has 0 aromatic heterocycles. The van der Waals surface area contributed by atoms with Gasteiger partial charge in [0.2, 0.25) is 0 Å². The van der Waals surface area contributed by atoms with Gasteiger partial charge in [-0.25, -0.2) is 0 Å². The number of benzene rings is 1. The molecule has 1 aliphatic heterocycles. The maximum atomic E-state index is 11.8. The largest absolute Gasteiger partial charge is 0.372 e. The highest BCUT2D eigenvalue weighted by molar-refractivity contribution is 5.99. The average Bonchev–Trinajstić information content (AvgIpc) is 2.95. The van der Waals surface area contributed by atoms with Crippen molar-refractivity contribution in [1.82, 2.24) is 0 Å². The minimum Gasteiger partial charge on any atom is -0.372 e. The van der Waals surface area contributed by atoms with Gasteiger partial charge in [-0.15, -0.1) is 0 Å². The van der Waals surface area contributed by atoms with Gasteiger partial charge in [0, 0.05) is 11.5 Å². The summed E-state index contributed by atoms with van der Waals surface area (Å²) in [7, 11) is 0. The van der Waals surface area contributed by atoms with Crippen LogP contribution in [0.5, 0.6) is 0 Å². The third kappa shape index (κ3) is 1.26. The minimum atomic E-state index is 0.315. The molecule has 0 atom stereocenters. The number of Topliss-reactive ketones (excluding diaryl/α,β-unsaturated/α-hetero) is 1. The first-order valence-corrected chi connectivity index (χ1v) is 5.08. The highest BCUT2D eigenvalue weighted by atomic mass is 16.5. The predicted molar refractivity (Wildman–Crippen MR) is 52.0 cm³/mol. The van der Waals surface area contributed by atoms with Crippen LogP contribution in [0, 0.1) is 5.92 Å². The number of hydrogen-bond donors (Lipinski definition) is 0. The summed E-state index contributed by atoms with van der Waals surface area (Å²) in [6.07, 6.45) is 2.15. The minimum absolute atomic E-state index is 0.315. The normalized spacial score (nSPS) is 19.4. The van der Waals surface area contributed by atoms with E-state index in [9.17, 15) is 4.79 Å². The van der Waals surface area contributed by atoms with Gasteiger partial charge in [0.05, 0.1) is 13.2 Å². The molecule has 1 heterocycles. The van der Waals surface area contributed by atoms with Crippen molar-refractivity contribution in [3.8, 4) is 0 Å². The van der Waals surface area contributed by atoms with Crippen molar-refractivity contribution in [2.75, 3.05) is 0 Å². The van der Waals surface area contributed by atoms with Gasteiger partial charge in [-0.2, -0.15) is 0 Å². The van der Waals surface area contributed by atoms with E-state index in [1.54, 1.807) is 0 Å². The molecule has 2 nitrogen and oxygen atoms in total. The van der Waals surface area contributed by atoms with Gasteiger partial charge in [-0.05, 0) is 30.0 Å². The molecule has 0 unspecified atom stereocenters. The van der Waals surface area contributed by atoms with E-state index >= 15 is 0 Å². The van der Waals surface area contributed by atoms with Crippen molar-refractivity contribution in [2.45, 2.75) is 26.1 Å². The molecule has 1 aromatic rings. The van der Waals surface area contributed by atoms with Crippen LogP contribution < -0.4 is 0 Å². The van der Waals surface area contributed by atoms with Gasteiger partial charge in [0.1, 0.15) is 0 Å². The Hall–Kier alpha value is -1.15. The Labute approximate surface area is 82.9 Å². The van der Waals surface area contributed by atoms with Gasteiger partial charge < -0.3 is 4.74 Å². The SMILES string of the molecule is O=C(c1ccc2c(c1)COC2)C1CC1. The lowest BCUT2D eigenvalue weighted by Gasteiger charge is -2.01. The molecule has 1 saturated carbocycles. The van der Waals surface area contributed by atoms with E-state index < -0.39 is 0 Å². The van der Waals surface area contributed by atoms with Gasteiger partial charge in [0.15, 0.2) is 5.78 Å². The molecule has 1 aromatic carbocycles. The average molecular weight is 188 g/mol. The third-order valence-corrected chi connectivity index (χ3v) is 2.95. The van der Waals surface area contributed by atoms with Crippen molar-refractivity contribution >= 4 is 5.78 Å². The number of carbonyl (C=O) groups is 1. The number of rotatable bonds is 2. The van der Waals surface area contributed by atoms with Crippen LogP contribution in [0.3, 0.4) is 0 Å². The van der Waals surface area contributed by atoms with Crippen LogP contribution >= 0.6 is 0 Å². The Bertz CT molecular complexity index is 391. The van der Waals surface area contributed by atoms with Crippen molar-refractivity contribution < 1.29 is 9.53 Å². The quantitative estimate of drug-likeness (QED) is 0.666. The molecule has 0 bridgehead atoms. The van der Waals surface area contributed by atoms with Crippen LogP contribution in [0.25, 0.3) is 0 Å². The van der Waals surface area contributed by atoms with Crippen LogP contribution in [0.1, 0.15) is 34.3 Å². The zero-order valence-electron chi connectivity index (χ0n) is 7.95. The summed E-state index contributed by atoms with van der Waals surface area (Å²) in [5.74, 6) is 0.634. The lowest BCUT2D eigenvalue weighted by Crippen LogP contribution is -2.01. The fourth-order valence-electron chi connectivity index (χ4n) is 1.91. The number of hydrogen-bond acceptors (Lipinski definition) is 2. The van der Waals surface area contributed by atoms with E-state index in [2.05, 4.69) is 0 Å². The lowest BCUT2D eigenvalue weighted by molar-refractivity contribution is 0.0967. The fourth-order valence-corrected chi connectivity index (χ4v) is 1.91. The third-order valence-electron chi connectivity index (χ3n) is 2.95. The van der Waals surface area contributed by atoms with E-state index in [0.717, 1.165) is 18.4 Å². The predicted octanol–water partition coefficient (Wildman–Crippen LogP) is 2.31. The number of ether oxygens (including phenoxy) is 1. The van der Waals surface area contributed by atoms with E-state index in [0.29, 0.717) is 24.9 Å². The number of carbonyl (C=O) groups excluding carboxylic acids is 1. The van der Waals surface area contributed by atoms with Crippen molar-refractivity contribution in [2.24, 2.45) is 5.92 Å². The van der Waals surface area contributed by atoms with Gasteiger partial charge in [-0.3, -0.25) is 4.79 Å². The van der Waals surface area contributed by atoms with Gasteiger partial charge in [0.25, 0.3) is 0 Å². The first-order valence-electron chi connectivity index (χ1n) is 5.08. The molecule has 2 aliphatic rings. The van der Waals surface area contributed by atoms with Crippen LogP contribution in [0.2, 0.25) is 0 Å². The number of fused-ring (bicyclic) bond motifs is 1. The molecule has 0 N–H and O–H groups in total. The molecular formula is C12H12O2. The Balaban J connectivity index is 1.95. The second-order valence-corrected chi connectivity index (χ2v) is 4.11. The molecule has 14 heavy (non-hydrogen) atoms. The van der Waals surface area contributed by atoms with Crippen molar-refractivity contribution in [1.29, 1.82) is 0 Å². The highest BCUT2D eigenvalue weighted by Gasteiger charge is 2.30. The summed E-state index contributed by atoms with van der Waals surface area (Å²) in [5, 5.41) is 0. The maximum absolute atomic E-state index is 11.8. The molecule has 0 spiro atoms. The summed E-state index contributed by atoms with van der Waals surface area (Å²) < 4.78 is 5.31. The lowest BCUT2D eigenvalue weighted by atomic mass is 10.0. The van der Waals surface area contributed by atoms with Crippen molar-refractivity contribution in [3.05, 3.63) is 34.9 Å². The molecule has 1 aliphatic carbocycles. The molecule has 3 rings (SSSR count). The highest BCUT2D eigenvalue weighted by Crippen LogP contribution is 2.33. The van der Waals surface area contributed by atoms with E-state index in [1.807, 2.05) is 18.2 Å². The summed E-state index contributed by atoms with van der Waals surface area (Å²) in [6.45, 7) is 1.37. The molecule has 1 fully saturated rings. The zero-order valence-corrected chi connectivity index (χ0v) is 7.95. The topological polar surface area (TPSA) is 26.3 Å². The summed E-state index contributed by atoms with van der Waals surface area (Å²) in [4.78, 5) is 11.8. The standard InChI is InChI=1S/C12H12O2/c13-12(8-1-2-8)9-3-4-10-6-14-7-11(10)5-9/h3-5,8H,1-2,6-7H2. The molecule has 2 heteroatoms. The Morgan fingerprint density at radius 3 is 2.79 bits per heavy atom. The van der Waals surface area contributed by atoms with E-state index in [-0.39, 0.29) is 0 Å². The summed E-state index contributed by atoms with van der Waals surface area (Å²) >= 11 is 0. The molecular weight excluding hydrogens is 176 g/mol. The summed E-state index contributed by atoms with van der Waals surface area (Å²) in [5.41, 5.74) is 3.30. The molecule has 0 saturated heterocycles. The number of ketones is 1. The summed E-state index contributed by atoms with van der Waals surface area (Å²) in [6, 6.07) is 5.97. The fraction of sp³-hybridized carbons (Fsp3) is 0.417. The molecule has 0 radical (unpaired) electrons. The Kier molecular flexibility index (Phi) is 1.71. The van der Waals surface area contributed by atoms with Crippen molar-refractivity contribution in [3.63, 3.8) is 0 Å². The monoisotopic (exact) mass is 188 g/mol. The van der Waals surface area contributed by atoms with Gasteiger partial charge in [-0.1, -0.05) is 12.1 Å². The second kappa shape index (κ2) is 2.92. The van der Waals surface area contributed by atoms with E-state index in [1.165, 1.54) is 11.1 Å². The first kappa shape index (κ1) is 8.18. The van der Waals surface area contributed by atoms with Crippen LogP contribution in [0.4, 0.5) is 0 Å². The Morgan fingerprint density at radius 2 is 2.00 bits per heavy atom. The smallest absolute Gasteiger partial charge is 0.165 e. The maximum Gasteiger partial charge on any atom is 0.165 e. The van der Waals surface area contributed by atoms with E-state index in [4.69, 9.17) is 4.74 Å². The van der Waals surface area contributed by atoms with Crippen LogP contribution in [-0.2, 0) is 18.0 Å². The zero-order chi connectivity index (χ0) is 9.54. The molecule has 72 valence electrons.